The molecule has 0 unspecified atom stereocenters. The molecule has 1 heterocycles. The molecule has 0 fully saturated rings. The molecule has 146 valence electrons. The predicted molar refractivity (Wildman–Crippen MR) is 109 cm³/mol. The van der Waals surface area contributed by atoms with E-state index in [2.05, 4.69) is 10.5 Å². The molecular formula is C21H17N3O4S. The first kappa shape index (κ1) is 20.0. The van der Waals surface area contributed by atoms with Crippen LogP contribution in [0.2, 0.25) is 0 Å². The van der Waals surface area contributed by atoms with Crippen molar-refractivity contribution in [3.05, 3.63) is 71.6 Å². The highest BCUT2D eigenvalue weighted by molar-refractivity contribution is 7.99. The average molecular weight is 407 g/mol. The predicted octanol–water partition coefficient (Wildman–Crippen LogP) is 4.57. The van der Waals surface area contributed by atoms with Crippen molar-refractivity contribution in [3.63, 3.8) is 0 Å². The van der Waals surface area contributed by atoms with Gasteiger partial charge in [-0.25, -0.2) is 0 Å². The van der Waals surface area contributed by atoms with Crippen molar-refractivity contribution in [1.82, 2.24) is 5.16 Å². The van der Waals surface area contributed by atoms with Crippen LogP contribution in [0.15, 0.2) is 74.6 Å². The van der Waals surface area contributed by atoms with Gasteiger partial charge in [0.1, 0.15) is 17.6 Å². The minimum absolute atomic E-state index is 0.197. The highest BCUT2D eigenvalue weighted by atomic mass is 32.2. The Morgan fingerprint density at radius 2 is 1.79 bits per heavy atom. The lowest BCUT2D eigenvalue weighted by Crippen LogP contribution is -2.15. The van der Waals surface area contributed by atoms with Gasteiger partial charge in [-0.1, -0.05) is 16.9 Å². The Kier molecular flexibility index (Phi) is 6.22. The SMILES string of the molecule is COc1ccc(Sc2ccc(NC(=O)/C(C#N)=C(\O)c3cnoc3C)cc2)cc1. The maximum absolute atomic E-state index is 12.4. The normalized spacial score (nSPS) is 11.3. The number of nitrogens with zero attached hydrogens (tertiary/aromatic N) is 2. The van der Waals surface area contributed by atoms with Crippen molar-refractivity contribution in [2.45, 2.75) is 16.7 Å². The zero-order valence-corrected chi connectivity index (χ0v) is 16.5. The van der Waals surface area contributed by atoms with E-state index in [1.165, 1.54) is 6.20 Å². The first-order chi connectivity index (χ1) is 14.0. The Bertz CT molecular complexity index is 1080. The van der Waals surface area contributed by atoms with Crippen LogP contribution in [0.3, 0.4) is 0 Å². The molecule has 0 radical (unpaired) electrons. The molecule has 0 aliphatic heterocycles. The first-order valence-corrected chi connectivity index (χ1v) is 9.31. The van der Waals surface area contributed by atoms with Crippen molar-refractivity contribution in [1.29, 1.82) is 5.26 Å². The van der Waals surface area contributed by atoms with Crippen LogP contribution < -0.4 is 10.1 Å². The quantitative estimate of drug-likeness (QED) is 0.350. The Morgan fingerprint density at radius 1 is 1.17 bits per heavy atom. The number of benzene rings is 2. The number of hydrogen-bond donors (Lipinski definition) is 2. The maximum Gasteiger partial charge on any atom is 0.270 e. The number of aliphatic hydroxyl groups is 1. The van der Waals surface area contributed by atoms with Crippen LogP contribution in [0.4, 0.5) is 5.69 Å². The lowest BCUT2D eigenvalue weighted by Gasteiger charge is -2.07. The first-order valence-electron chi connectivity index (χ1n) is 8.50. The van der Waals surface area contributed by atoms with Crippen molar-refractivity contribution in [2.75, 3.05) is 12.4 Å². The van der Waals surface area contributed by atoms with Gasteiger partial charge < -0.3 is 19.7 Å². The van der Waals surface area contributed by atoms with Gasteiger partial charge in [0.2, 0.25) is 0 Å². The van der Waals surface area contributed by atoms with Gasteiger partial charge in [-0.05, 0) is 55.5 Å². The van der Waals surface area contributed by atoms with Gasteiger partial charge in [0.05, 0.1) is 18.9 Å². The van der Waals surface area contributed by atoms with Crippen molar-refractivity contribution in [3.8, 4) is 11.8 Å². The van der Waals surface area contributed by atoms with Crippen LogP contribution in [-0.4, -0.2) is 23.3 Å². The van der Waals surface area contributed by atoms with E-state index in [0.29, 0.717) is 11.4 Å². The Hall–Kier alpha value is -3.70. The Morgan fingerprint density at radius 3 is 2.31 bits per heavy atom. The largest absolute Gasteiger partial charge is 0.506 e. The summed E-state index contributed by atoms with van der Waals surface area (Å²) in [5.41, 5.74) is 0.271. The van der Waals surface area contributed by atoms with E-state index in [1.54, 1.807) is 44.0 Å². The van der Waals surface area contributed by atoms with E-state index >= 15 is 0 Å². The molecule has 1 aromatic heterocycles. The summed E-state index contributed by atoms with van der Waals surface area (Å²) in [5, 5.41) is 25.7. The van der Waals surface area contributed by atoms with Gasteiger partial charge in [0.15, 0.2) is 11.3 Å². The lowest BCUT2D eigenvalue weighted by molar-refractivity contribution is -0.112. The molecule has 0 bridgehead atoms. The number of carbonyl (C=O) groups is 1. The highest BCUT2D eigenvalue weighted by Gasteiger charge is 2.20. The van der Waals surface area contributed by atoms with Crippen LogP contribution in [0, 0.1) is 18.3 Å². The third-order valence-electron chi connectivity index (χ3n) is 3.99. The monoisotopic (exact) mass is 407 g/mol. The van der Waals surface area contributed by atoms with E-state index in [1.807, 2.05) is 36.4 Å². The third kappa shape index (κ3) is 4.78. The number of methoxy groups -OCH3 is 1. The number of aryl methyl sites for hydroxylation is 1. The number of aromatic nitrogens is 1. The number of aliphatic hydroxyl groups excluding tert-OH is 1. The molecule has 8 heteroatoms. The van der Waals surface area contributed by atoms with Crippen LogP contribution in [0.1, 0.15) is 11.3 Å². The fraction of sp³-hybridized carbons (Fsp3) is 0.0952. The van der Waals surface area contributed by atoms with Crippen molar-refractivity contribution in [2.24, 2.45) is 0 Å². The van der Waals surface area contributed by atoms with Crippen LogP contribution in [0.5, 0.6) is 5.75 Å². The van der Waals surface area contributed by atoms with Gasteiger partial charge in [-0.3, -0.25) is 4.79 Å². The second-order valence-electron chi connectivity index (χ2n) is 5.89. The maximum atomic E-state index is 12.4. The summed E-state index contributed by atoms with van der Waals surface area (Å²) in [6.45, 7) is 1.57. The van der Waals surface area contributed by atoms with Gasteiger partial charge in [0, 0.05) is 15.5 Å². The Balaban J connectivity index is 1.70. The third-order valence-corrected chi connectivity index (χ3v) is 5.00. The Labute approximate surface area is 171 Å². The standard InChI is InChI=1S/C21H17N3O4S/c1-13-19(12-23-28-13)20(25)18(11-22)21(26)24-14-3-7-16(8-4-14)29-17-9-5-15(27-2)6-10-17/h3-10,12,25H,1-2H3,(H,24,26)/b20-18-. The second-order valence-corrected chi connectivity index (χ2v) is 7.03. The minimum Gasteiger partial charge on any atom is -0.506 e. The van der Waals surface area contributed by atoms with E-state index in [0.717, 1.165) is 15.5 Å². The summed E-state index contributed by atoms with van der Waals surface area (Å²) in [6, 6.07) is 16.6. The summed E-state index contributed by atoms with van der Waals surface area (Å²) < 4.78 is 10.0. The summed E-state index contributed by atoms with van der Waals surface area (Å²) in [4.78, 5) is 14.4. The summed E-state index contributed by atoms with van der Waals surface area (Å²) in [5.74, 6) is -0.0991. The molecule has 29 heavy (non-hydrogen) atoms. The fourth-order valence-corrected chi connectivity index (χ4v) is 3.27. The molecule has 2 N–H and O–H groups in total. The highest BCUT2D eigenvalue weighted by Crippen LogP contribution is 2.30. The van der Waals surface area contributed by atoms with E-state index in [9.17, 15) is 15.2 Å². The molecule has 0 aliphatic carbocycles. The molecule has 0 saturated heterocycles. The van der Waals surface area contributed by atoms with E-state index in [-0.39, 0.29) is 5.56 Å². The van der Waals surface area contributed by atoms with E-state index < -0.39 is 17.2 Å². The number of carbonyl (C=O) groups excluding carboxylic acids is 1. The molecule has 0 atom stereocenters. The van der Waals surface area contributed by atoms with E-state index in [4.69, 9.17) is 9.26 Å². The van der Waals surface area contributed by atoms with Crippen LogP contribution in [-0.2, 0) is 4.79 Å². The zero-order valence-electron chi connectivity index (χ0n) is 15.7. The van der Waals surface area contributed by atoms with Gasteiger partial charge >= 0.3 is 0 Å². The summed E-state index contributed by atoms with van der Waals surface area (Å²) >= 11 is 1.56. The fourth-order valence-electron chi connectivity index (χ4n) is 2.45. The smallest absolute Gasteiger partial charge is 0.270 e. The lowest BCUT2D eigenvalue weighted by atomic mass is 10.1. The molecule has 2 aromatic carbocycles. The molecule has 0 aliphatic rings. The second kappa shape index (κ2) is 8.99. The number of nitriles is 1. The van der Waals surface area contributed by atoms with Crippen LogP contribution >= 0.6 is 11.8 Å². The van der Waals surface area contributed by atoms with Crippen molar-refractivity contribution < 1.29 is 19.2 Å². The van der Waals surface area contributed by atoms with Crippen molar-refractivity contribution >= 4 is 29.1 Å². The van der Waals surface area contributed by atoms with Crippen LogP contribution in [0.25, 0.3) is 5.76 Å². The number of amides is 1. The topological polar surface area (TPSA) is 108 Å². The van der Waals surface area contributed by atoms with Gasteiger partial charge in [0.25, 0.3) is 5.91 Å². The number of rotatable bonds is 6. The minimum atomic E-state index is -0.721. The van der Waals surface area contributed by atoms with Gasteiger partial charge in [-0.15, -0.1) is 0 Å². The zero-order chi connectivity index (χ0) is 20.8. The number of hydrogen-bond acceptors (Lipinski definition) is 7. The molecular weight excluding hydrogens is 390 g/mol. The molecule has 7 nitrogen and oxygen atoms in total. The summed E-state index contributed by atoms with van der Waals surface area (Å²) in [7, 11) is 1.62. The molecule has 3 aromatic rings. The van der Waals surface area contributed by atoms with Gasteiger partial charge in [-0.2, -0.15) is 5.26 Å². The molecule has 0 saturated carbocycles. The molecule has 3 rings (SSSR count). The molecule has 1 amide bonds. The molecule has 0 spiro atoms. The average Bonchev–Trinajstić information content (AvgIpc) is 3.16. The summed E-state index contributed by atoms with van der Waals surface area (Å²) in [6.07, 6.45) is 1.25. The number of nitrogens with one attached hydrogen (secondary N) is 1. The number of anilines is 1. The number of ether oxygens (including phenoxy) is 1.